The third kappa shape index (κ3) is 9.65. The fourth-order valence-corrected chi connectivity index (χ4v) is 13.8. The molecule has 4 aliphatic heterocycles. The number of nitro groups is 1. The number of fused-ring (bicyclic) bond motifs is 3. The smallest absolute Gasteiger partial charge is 0.293 e. The molecule has 6 heterocycles. The van der Waals surface area contributed by atoms with Crippen LogP contribution in [0.2, 0.25) is 0 Å². The van der Waals surface area contributed by atoms with Crippen molar-refractivity contribution in [2.24, 2.45) is 11.3 Å². The first-order valence-electron chi connectivity index (χ1n) is 26.2. The number of nitrogens with one attached hydrogen (secondary N) is 3. The lowest BCUT2D eigenvalue weighted by Crippen LogP contribution is -2.60. The molecule has 0 radical (unpaired) electrons. The van der Waals surface area contributed by atoms with Gasteiger partial charge >= 0.3 is 0 Å². The van der Waals surface area contributed by atoms with E-state index in [1.54, 1.807) is 6.07 Å². The van der Waals surface area contributed by atoms with E-state index in [1.165, 1.54) is 23.3 Å². The summed E-state index contributed by atoms with van der Waals surface area (Å²) in [6, 6.07) is 22.5. The van der Waals surface area contributed by atoms with Crippen molar-refractivity contribution < 1.29 is 37.5 Å². The highest BCUT2D eigenvalue weighted by Gasteiger charge is 2.51. The molecule has 5 fully saturated rings. The Morgan fingerprint density at radius 3 is 2.51 bits per heavy atom. The van der Waals surface area contributed by atoms with Crippen LogP contribution >= 0.6 is 0 Å². The second kappa shape index (κ2) is 19.5. The number of aromatic amines is 1. The Balaban J connectivity index is 0.867. The first kappa shape index (κ1) is 49.4. The number of rotatable bonds is 12. The second-order valence-corrected chi connectivity index (χ2v) is 23.9. The van der Waals surface area contributed by atoms with E-state index < -0.39 is 37.0 Å². The zero-order valence-electron chi connectivity index (χ0n) is 42.2. The highest BCUT2D eigenvalue weighted by atomic mass is 32.2. The van der Waals surface area contributed by atoms with Gasteiger partial charge in [0.05, 0.1) is 65.2 Å². The number of nitro benzene ring substituents is 1. The van der Waals surface area contributed by atoms with Gasteiger partial charge < -0.3 is 39.4 Å². The molecule has 2 saturated carbocycles. The maximum absolute atomic E-state index is 14.7. The zero-order valence-corrected chi connectivity index (χ0v) is 43.0. The number of hydrogen-bond acceptors (Lipinski definition) is 14. The van der Waals surface area contributed by atoms with Crippen molar-refractivity contribution in [3.63, 3.8) is 0 Å². The number of anilines is 4. The molecule has 1 spiro atoms. The Morgan fingerprint density at radius 1 is 0.959 bits per heavy atom. The van der Waals surface area contributed by atoms with E-state index in [0.29, 0.717) is 86.5 Å². The van der Waals surface area contributed by atoms with Crippen LogP contribution in [0.1, 0.15) is 119 Å². The minimum atomic E-state index is -4.63. The zero-order chi connectivity index (χ0) is 50.8. The van der Waals surface area contributed by atoms with Gasteiger partial charge in [-0.15, -0.1) is 0 Å². The van der Waals surface area contributed by atoms with E-state index in [0.717, 1.165) is 75.4 Å². The number of sulfonamides is 1. The third-order valence-corrected chi connectivity index (χ3v) is 18.3. The van der Waals surface area contributed by atoms with Crippen molar-refractivity contribution >= 4 is 55.4 Å². The average Bonchev–Trinajstić information content (AvgIpc) is 3.83. The van der Waals surface area contributed by atoms with E-state index >= 15 is 0 Å². The Bertz CT molecular complexity index is 2990. The molecule has 73 heavy (non-hydrogen) atoms. The molecule has 0 unspecified atom stereocenters. The molecule has 388 valence electrons. The number of aliphatic hydroxyl groups is 1. The van der Waals surface area contributed by atoms with Crippen molar-refractivity contribution in [3.05, 3.63) is 106 Å². The van der Waals surface area contributed by atoms with Gasteiger partial charge in [0, 0.05) is 61.5 Å². The Morgan fingerprint density at radius 2 is 1.74 bits per heavy atom. The Kier molecular flexibility index (Phi) is 13.2. The number of morpholine rings is 1. The molecular formula is C55H68N8O9S. The van der Waals surface area contributed by atoms with E-state index in [4.69, 9.17) is 19.2 Å². The number of pyridine rings is 1. The summed E-state index contributed by atoms with van der Waals surface area (Å²) in [6.07, 6.45) is 9.14. The van der Waals surface area contributed by atoms with Crippen LogP contribution in [-0.2, 0) is 19.5 Å². The lowest BCUT2D eigenvalue weighted by atomic mass is 9.59. The minimum Gasteiger partial charge on any atom is -0.470 e. The number of aromatic nitrogens is 2. The van der Waals surface area contributed by atoms with E-state index in [-0.39, 0.29) is 40.8 Å². The molecule has 2 aromatic heterocycles. The average molecular weight is 1020 g/mol. The maximum atomic E-state index is 14.7. The summed E-state index contributed by atoms with van der Waals surface area (Å²) in [6.45, 7) is 12.9. The van der Waals surface area contributed by atoms with Gasteiger partial charge in [-0.2, -0.15) is 4.98 Å². The van der Waals surface area contributed by atoms with Gasteiger partial charge in [0.25, 0.3) is 21.6 Å². The quantitative estimate of drug-likeness (QED) is 0.0681. The molecule has 4 atom stereocenters. The van der Waals surface area contributed by atoms with Crippen molar-refractivity contribution in [3.8, 4) is 5.88 Å². The van der Waals surface area contributed by atoms with Crippen molar-refractivity contribution in [1.29, 1.82) is 0 Å². The molecule has 3 aromatic carbocycles. The SMILES string of the molecule is CC(C)c1ccccc1[C@H]1COC[C@@H](C)N1C1CC2(CCN(c3ccc(C(=O)NS(=O)(=O)c4ccc(NC[C@H]5CC[C@](C)(O)CC5)c([N+](=O)[O-])c4)c(N4c5cc6cc[nH]c6nc5O[C@@H]5CCOC[C@H]54)c3)CC2)C1. The van der Waals surface area contributed by atoms with Crippen molar-refractivity contribution in [2.75, 3.05) is 61.2 Å². The van der Waals surface area contributed by atoms with Gasteiger partial charge in [0.15, 0.2) is 0 Å². The number of amides is 1. The predicted molar refractivity (Wildman–Crippen MR) is 279 cm³/mol. The number of hydrogen-bond donors (Lipinski definition) is 4. The Labute approximate surface area is 427 Å². The van der Waals surface area contributed by atoms with Crippen LogP contribution in [0.25, 0.3) is 11.0 Å². The van der Waals surface area contributed by atoms with Gasteiger partial charge in [-0.3, -0.25) is 19.8 Å². The number of benzene rings is 3. The molecule has 3 saturated heterocycles. The van der Waals surface area contributed by atoms with E-state index in [9.17, 15) is 28.4 Å². The number of nitrogens with zero attached hydrogens (tertiary/aromatic N) is 5. The van der Waals surface area contributed by atoms with Gasteiger partial charge in [-0.25, -0.2) is 13.1 Å². The van der Waals surface area contributed by atoms with Crippen LogP contribution < -0.4 is 24.6 Å². The van der Waals surface area contributed by atoms with E-state index in [2.05, 4.69) is 69.9 Å². The van der Waals surface area contributed by atoms with Crippen LogP contribution in [0.3, 0.4) is 0 Å². The molecule has 4 N–H and O–H groups in total. The summed E-state index contributed by atoms with van der Waals surface area (Å²) >= 11 is 0. The number of H-pyrrole nitrogens is 1. The fraction of sp³-hybridized carbons (Fsp3) is 0.527. The lowest BCUT2D eigenvalue weighted by molar-refractivity contribution is -0.384. The van der Waals surface area contributed by atoms with Crippen LogP contribution in [-0.4, -0.2) is 115 Å². The van der Waals surface area contributed by atoms with Crippen LogP contribution in [0.15, 0.2) is 83.9 Å². The van der Waals surface area contributed by atoms with E-state index in [1.807, 2.05) is 42.3 Å². The molecule has 5 aromatic rings. The molecular weight excluding hydrogens is 949 g/mol. The van der Waals surface area contributed by atoms with Crippen LogP contribution in [0, 0.1) is 21.4 Å². The summed E-state index contributed by atoms with van der Waals surface area (Å²) in [5, 5.41) is 26.8. The highest BCUT2D eigenvalue weighted by Crippen LogP contribution is 2.54. The standard InChI is InChI=1S/C55H68N8O9S/c1-34(2)41-7-5-6-8-42(41)48-32-71-31-35(3)61(48)39-28-55(29-39)19-22-60(23-20-55)38-9-11-43(45(26-38)62-47-25-37-15-21-56-51(37)58-53(47)72-50-16-24-70-33-49(50)62)52(64)59-73(68,69)40-10-12-44(46(27-40)63(66)67)57-30-36-13-17-54(4,65)18-14-36/h5-12,15,21,25-27,34-36,39,48-50,57,65H,13-14,16-20,22-24,28-33H2,1-4H3,(H,56,58)(H,59,64)/t35-,36-,48-,49-,50-,54-/m1/s1. The summed E-state index contributed by atoms with van der Waals surface area (Å²) in [5.41, 5.74) is 4.77. The topological polar surface area (TPSA) is 205 Å². The summed E-state index contributed by atoms with van der Waals surface area (Å²) in [7, 11) is -4.63. The van der Waals surface area contributed by atoms with Crippen LogP contribution in [0.4, 0.5) is 28.4 Å². The first-order chi connectivity index (χ1) is 35.1. The second-order valence-electron chi connectivity index (χ2n) is 22.3. The van der Waals surface area contributed by atoms with Gasteiger partial charge in [-0.1, -0.05) is 38.1 Å². The number of carbonyl (C=O) groups is 1. The molecule has 6 aliphatic rings. The monoisotopic (exact) mass is 1020 g/mol. The summed E-state index contributed by atoms with van der Waals surface area (Å²) in [5.74, 6) is 0.118. The number of carbonyl (C=O) groups excluding carboxylic acids is 1. The van der Waals surface area contributed by atoms with Gasteiger partial charge in [-0.05, 0) is 136 Å². The summed E-state index contributed by atoms with van der Waals surface area (Å²) < 4.78 is 49.5. The number of ether oxygens (including phenoxy) is 3. The normalized spacial score (nSPS) is 26.5. The third-order valence-electron chi connectivity index (χ3n) is 17.0. The molecule has 0 bridgehead atoms. The van der Waals surface area contributed by atoms with Gasteiger partial charge in [0.1, 0.15) is 23.1 Å². The fourth-order valence-electron chi connectivity index (χ4n) is 12.8. The summed E-state index contributed by atoms with van der Waals surface area (Å²) in [4.78, 5) is 41.3. The predicted octanol–water partition coefficient (Wildman–Crippen LogP) is 8.97. The Hall–Kier alpha value is -5.79. The minimum absolute atomic E-state index is 0.0986. The molecule has 17 nitrogen and oxygen atoms in total. The molecule has 1 amide bonds. The highest BCUT2D eigenvalue weighted by molar-refractivity contribution is 7.90. The molecule has 11 rings (SSSR count). The van der Waals surface area contributed by atoms with Crippen molar-refractivity contribution in [1.82, 2.24) is 19.6 Å². The first-order valence-corrected chi connectivity index (χ1v) is 27.7. The molecule has 18 heteroatoms. The van der Waals surface area contributed by atoms with Crippen molar-refractivity contribution in [2.45, 2.75) is 132 Å². The number of piperidine rings is 1. The maximum Gasteiger partial charge on any atom is 0.293 e. The largest absolute Gasteiger partial charge is 0.470 e. The van der Waals surface area contributed by atoms with Gasteiger partial charge in [0.2, 0.25) is 5.88 Å². The van der Waals surface area contributed by atoms with Crippen LogP contribution in [0.5, 0.6) is 5.88 Å². The molecule has 2 aliphatic carbocycles. The lowest BCUT2D eigenvalue weighted by Gasteiger charge is -2.59.